The fourth-order valence-electron chi connectivity index (χ4n) is 2.76. The normalized spacial score (nSPS) is 11.4. The molecular formula is C16H11ClN8. The smallest absolute Gasteiger partial charge is 0.161 e. The van der Waals surface area contributed by atoms with Crippen molar-refractivity contribution in [2.75, 3.05) is 5.32 Å². The molecule has 0 amide bonds. The Balaban J connectivity index is 1.58. The van der Waals surface area contributed by atoms with E-state index < -0.39 is 0 Å². The van der Waals surface area contributed by atoms with Crippen LogP contribution < -0.4 is 5.32 Å². The summed E-state index contributed by atoms with van der Waals surface area (Å²) in [5.41, 5.74) is 3.86. The van der Waals surface area contributed by atoms with Gasteiger partial charge in [0.1, 0.15) is 17.8 Å². The lowest BCUT2D eigenvalue weighted by Crippen LogP contribution is -1.96. The maximum Gasteiger partial charge on any atom is 0.161 e. The fourth-order valence-corrected chi connectivity index (χ4v) is 2.93. The highest BCUT2D eigenvalue weighted by Gasteiger charge is 2.15. The van der Waals surface area contributed by atoms with Crippen LogP contribution in [0.3, 0.4) is 0 Å². The van der Waals surface area contributed by atoms with E-state index in [1.807, 2.05) is 30.5 Å². The van der Waals surface area contributed by atoms with Crippen LogP contribution in [0.4, 0.5) is 11.5 Å². The minimum absolute atomic E-state index is 0.639. The molecule has 0 saturated carbocycles. The van der Waals surface area contributed by atoms with E-state index in [4.69, 9.17) is 11.6 Å². The number of fused-ring (bicyclic) bond motifs is 2. The molecule has 9 heteroatoms. The van der Waals surface area contributed by atoms with Gasteiger partial charge in [-0.15, -0.1) is 0 Å². The number of anilines is 2. The van der Waals surface area contributed by atoms with Crippen molar-refractivity contribution in [2.24, 2.45) is 0 Å². The van der Waals surface area contributed by atoms with Crippen LogP contribution in [0.15, 0.2) is 43.0 Å². The molecular weight excluding hydrogens is 340 g/mol. The van der Waals surface area contributed by atoms with Crippen molar-refractivity contribution >= 4 is 45.2 Å². The zero-order valence-electron chi connectivity index (χ0n) is 12.7. The molecule has 0 aliphatic heterocycles. The van der Waals surface area contributed by atoms with Crippen molar-refractivity contribution < 1.29 is 0 Å². The number of rotatable bonds is 3. The van der Waals surface area contributed by atoms with Crippen LogP contribution in [-0.4, -0.2) is 35.1 Å². The lowest BCUT2D eigenvalue weighted by Gasteiger charge is -2.05. The van der Waals surface area contributed by atoms with Gasteiger partial charge in [-0.2, -0.15) is 5.10 Å². The Hall–Kier alpha value is -3.39. The van der Waals surface area contributed by atoms with E-state index in [2.05, 4.69) is 40.4 Å². The Labute approximate surface area is 145 Å². The van der Waals surface area contributed by atoms with Gasteiger partial charge in [-0.05, 0) is 24.3 Å². The number of nitrogens with one attached hydrogen (secondary N) is 4. The van der Waals surface area contributed by atoms with Crippen LogP contribution in [-0.2, 0) is 0 Å². The molecule has 8 nitrogen and oxygen atoms in total. The second-order valence-electron chi connectivity index (χ2n) is 5.48. The van der Waals surface area contributed by atoms with Crippen LogP contribution in [0.2, 0.25) is 5.02 Å². The number of hydrogen-bond donors (Lipinski definition) is 4. The van der Waals surface area contributed by atoms with Crippen LogP contribution >= 0.6 is 11.6 Å². The number of aromatic amines is 3. The highest BCUT2D eigenvalue weighted by molar-refractivity contribution is 6.31. The summed E-state index contributed by atoms with van der Waals surface area (Å²) in [6.07, 6.45) is 5.09. The molecule has 122 valence electrons. The average Bonchev–Trinajstić information content (AvgIpc) is 3.33. The van der Waals surface area contributed by atoms with Gasteiger partial charge in [0, 0.05) is 17.4 Å². The summed E-state index contributed by atoms with van der Waals surface area (Å²) in [6.45, 7) is 0. The first kappa shape index (κ1) is 14.0. The van der Waals surface area contributed by atoms with Gasteiger partial charge < -0.3 is 15.3 Å². The lowest BCUT2D eigenvalue weighted by atomic mass is 10.3. The van der Waals surface area contributed by atoms with Crippen molar-refractivity contribution in [1.29, 1.82) is 0 Å². The third-order valence-corrected chi connectivity index (χ3v) is 4.15. The second-order valence-corrected chi connectivity index (χ2v) is 5.92. The van der Waals surface area contributed by atoms with Gasteiger partial charge in [0.25, 0.3) is 0 Å². The molecule has 0 radical (unpaired) electrons. The quantitative estimate of drug-likeness (QED) is 0.397. The van der Waals surface area contributed by atoms with Crippen molar-refractivity contribution in [2.45, 2.75) is 0 Å². The number of benzene rings is 1. The van der Waals surface area contributed by atoms with Crippen molar-refractivity contribution in [1.82, 2.24) is 35.1 Å². The van der Waals surface area contributed by atoms with Gasteiger partial charge in [-0.3, -0.25) is 5.10 Å². The molecule has 1 aromatic carbocycles. The number of imidazole rings is 1. The van der Waals surface area contributed by atoms with E-state index in [0.717, 1.165) is 27.8 Å². The summed E-state index contributed by atoms with van der Waals surface area (Å²) in [7, 11) is 0. The topological polar surface area (TPSA) is 111 Å². The first-order valence-electron chi connectivity index (χ1n) is 7.52. The number of aromatic nitrogens is 7. The molecule has 4 heterocycles. The Morgan fingerprint density at radius 1 is 1.12 bits per heavy atom. The fraction of sp³-hybridized carbons (Fsp3) is 0. The number of nitrogens with zero attached hydrogens (tertiary/aromatic N) is 4. The second kappa shape index (κ2) is 5.32. The number of H-pyrrole nitrogens is 3. The Morgan fingerprint density at radius 3 is 3.04 bits per heavy atom. The standard InChI is InChI=1S/C16H11ClN8/c17-8-1-2-10-11(5-8)23-16(22-10)13-12(6-21-25-13)24-15-9-3-4-18-14(9)19-7-20-15/h1-7H,(H,21,25)(H,22,23)(H2,18,19,20,24). The van der Waals surface area contributed by atoms with E-state index in [0.29, 0.717) is 22.4 Å². The summed E-state index contributed by atoms with van der Waals surface area (Å²) in [6, 6.07) is 7.43. The molecule has 4 aromatic heterocycles. The summed E-state index contributed by atoms with van der Waals surface area (Å²) in [5, 5.41) is 12.0. The molecule has 0 saturated heterocycles. The van der Waals surface area contributed by atoms with Gasteiger partial charge in [-0.1, -0.05) is 11.6 Å². The molecule has 0 unspecified atom stereocenters. The van der Waals surface area contributed by atoms with E-state index in [9.17, 15) is 0 Å². The van der Waals surface area contributed by atoms with E-state index >= 15 is 0 Å². The highest BCUT2D eigenvalue weighted by Crippen LogP contribution is 2.29. The molecule has 4 N–H and O–H groups in total. The zero-order valence-corrected chi connectivity index (χ0v) is 13.5. The molecule has 0 bridgehead atoms. The van der Waals surface area contributed by atoms with Crippen molar-refractivity contribution in [3.05, 3.63) is 48.0 Å². The summed E-state index contributed by atoms with van der Waals surface area (Å²) < 4.78 is 0. The van der Waals surface area contributed by atoms with E-state index in [1.54, 1.807) is 6.20 Å². The molecule has 5 aromatic rings. The molecule has 0 fully saturated rings. The SMILES string of the molecule is Clc1ccc2nc(-c3n[nH]cc3Nc3ncnc4[nH]ccc34)[nH]c2c1. The molecule has 25 heavy (non-hydrogen) atoms. The molecule has 0 spiro atoms. The van der Waals surface area contributed by atoms with Gasteiger partial charge in [-0.25, -0.2) is 15.0 Å². The Kier molecular flexibility index (Phi) is 2.98. The first-order valence-corrected chi connectivity index (χ1v) is 7.90. The number of hydrogen-bond acceptors (Lipinski definition) is 5. The van der Waals surface area contributed by atoms with Crippen LogP contribution in [0, 0.1) is 0 Å². The van der Waals surface area contributed by atoms with Crippen molar-refractivity contribution in [3.8, 4) is 11.5 Å². The number of halogens is 1. The monoisotopic (exact) mass is 350 g/mol. The van der Waals surface area contributed by atoms with Gasteiger partial charge >= 0.3 is 0 Å². The molecule has 0 atom stereocenters. The van der Waals surface area contributed by atoms with Gasteiger partial charge in [0.05, 0.1) is 22.1 Å². The largest absolute Gasteiger partial charge is 0.346 e. The lowest BCUT2D eigenvalue weighted by molar-refractivity contribution is 1.08. The van der Waals surface area contributed by atoms with E-state index in [-0.39, 0.29) is 0 Å². The predicted octanol–water partition coefficient (Wildman–Crippen LogP) is 3.62. The minimum Gasteiger partial charge on any atom is -0.346 e. The summed E-state index contributed by atoms with van der Waals surface area (Å²) >= 11 is 6.04. The Bertz CT molecular complexity index is 1200. The molecule has 0 aliphatic carbocycles. The van der Waals surface area contributed by atoms with Gasteiger partial charge in [0.15, 0.2) is 11.5 Å². The van der Waals surface area contributed by atoms with Crippen molar-refractivity contribution in [3.63, 3.8) is 0 Å². The predicted molar refractivity (Wildman–Crippen MR) is 95.9 cm³/mol. The van der Waals surface area contributed by atoms with E-state index in [1.165, 1.54) is 6.33 Å². The van der Waals surface area contributed by atoms with Crippen LogP contribution in [0.25, 0.3) is 33.6 Å². The van der Waals surface area contributed by atoms with Crippen LogP contribution in [0.1, 0.15) is 0 Å². The molecule has 0 aliphatic rings. The minimum atomic E-state index is 0.639. The average molecular weight is 351 g/mol. The third kappa shape index (κ3) is 2.31. The Morgan fingerprint density at radius 2 is 2.08 bits per heavy atom. The highest BCUT2D eigenvalue weighted by atomic mass is 35.5. The first-order chi connectivity index (χ1) is 12.3. The maximum absolute atomic E-state index is 6.04. The maximum atomic E-state index is 6.04. The summed E-state index contributed by atoms with van der Waals surface area (Å²) in [4.78, 5) is 19.4. The summed E-state index contributed by atoms with van der Waals surface area (Å²) in [5.74, 6) is 1.33. The van der Waals surface area contributed by atoms with Crippen LogP contribution in [0.5, 0.6) is 0 Å². The third-order valence-electron chi connectivity index (χ3n) is 3.92. The van der Waals surface area contributed by atoms with Gasteiger partial charge in [0.2, 0.25) is 0 Å². The molecule has 5 rings (SSSR count). The zero-order chi connectivity index (χ0) is 16.8.